The van der Waals surface area contributed by atoms with Gasteiger partial charge in [0.15, 0.2) is 0 Å². The first kappa shape index (κ1) is 15.6. The fourth-order valence-electron chi connectivity index (χ4n) is 1.71. The number of hydrogen-bond donors (Lipinski definition) is 0. The van der Waals surface area contributed by atoms with Gasteiger partial charge in [0.1, 0.15) is 17.2 Å². The van der Waals surface area contributed by atoms with Gasteiger partial charge in [-0.05, 0) is 55.0 Å². The maximum atomic E-state index is 12.0. The quantitative estimate of drug-likeness (QED) is 0.446. The molecular formula is C17H16O5. The lowest BCUT2D eigenvalue weighted by molar-refractivity contribution is -0.120. The molecule has 5 nitrogen and oxygen atoms in total. The van der Waals surface area contributed by atoms with Crippen LogP contribution in [0.15, 0.2) is 48.5 Å². The highest BCUT2D eigenvalue weighted by Gasteiger charge is 2.09. The molecule has 0 aliphatic carbocycles. The third-order valence-electron chi connectivity index (χ3n) is 2.78. The van der Waals surface area contributed by atoms with Gasteiger partial charge in [-0.25, -0.2) is 4.79 Å². The molecule has 0 fully saturated rings. The highest BCUT2D eigenvalue weighted by molar-refractivity contribution is 5.91. The van der Waals surface area contributed by atoms with Crippen LogP contribution in [0.5, 0.6) is 17.2 Å². The highest BCUT2D eigenvalue weighted by atomic mass is 16.5. The molecule has 0 unspecified atom stereocenters. The van der Waals surface area contributed by atoms with Crippen LogP contribution >= 0.6 is 0 Å². The van der Waals surface area contributed by atoms with E-state index >= 15 is 0 Å². The Hall–Kier alpha value is -2.82. The number of esters is 1. The molecular weight excluding hydrogens is 284 g/mol. The Balaban J connectivity index is 1.97. The van der Waals surface area contributed by atoms with E-state index in [1.807, 2.05) is 6.92 Å². The minimum absolute atomic E-state index is 0.329. The van der Waals surface area contributed by atoms with Crippen molar-refractivity contribution in [2.45, 2.75) is 13.3 Å². The van der Waals surface area contributed by atoms with Crippen LogP contribution in [0, 0.1) is 0 Å². The first-order valence-corrected chi connectivity index (χ1v) is 6.88. The predicted molar refractivity (Wildman–Crippen MR) is 80.3 cm³/mol. The van der Waals surface area contributed by atoms with E-state index in [-0.39, 0.29) is 0 Å². The zero-order valence-corrected chi connectivity index (χ0v) is 12.2. The van der Waals surface area contributed by atoms with Gasteiger partial charge in [-0.3, -0.25) is 4.79 Å². The van der Waals surface area contributed by atoms with Crippen LogP contribution in [0.25, 0.3) is 0 Å². The molecule has 0 N–H and O–H groups in total. The fourth-order valence-corrected chi connectivity index (χ4v) is 1.71. The van der Waals surface area contributed by atoms with Gasteiger partial charge in [0.25, 0.3) is 6.47 Å². The highest BCUT2D eigenvalue weighted by Crippen LogP contribution is 2.19. The van der Waals surface area contributed by atoms with Crippen molar-refractivity contribution in [2.24, 2.45) is 0 Å². The summed E-state index contributed by atoms with van der Waals surface area (Å²) in [5.74, 6) is 1.04. The van der Waals surface area contributed by atoms with Crippen molar-refractivity contribution in [2.75, 3.05) is 6.61 Å². The molecule has 2 aromatic carbocycles. The Bertz CT molecular complexity index is 617. The molecule has 0 amide bonds. The molecule has 0 bridgehead atoms. The van der Waals surface area contributed by atoms with Crippen molar-refractivity contribution in [3.05, 3.63) is 54.1 Å². The first-order chi connectivity index (χ1) is 10.7. The zero-order valence-electron chi connectivity index (χ0n) is 12.2. The second-order valence-electron chi connectivity index (χ2n) is 4.45. The molecule has 0 aliphatic rings. The van der Waals surface area contributed by atoms with Crippen LogP contribution in [0.1, 0.15) is 23.7 Å². The SMILES string of the molecule is CCCOc1ccc(OC(=O)c2ccc(OC=O)cc2)cc1. The van der Waals surface area contributed by atoms with Gasteiger partial charge in [0.2, 0.25) is 0 Å². The summed E-state index contributed by atoms with van der Waals surface area (Å²) in [7, 11) is 0. The third-order valence-corrected chi connectivity index (χ3v) is 2.78. The molecule has 0 aliphatic heterocycles. The van der Waals surface area contributed by atoms with E-state index < -0.39 is 5.97 Å². The van der Waals surface area contributed by atoms with E-state index in [0.29, 0.717) is 30.1 Å². The Morgan fingerprint density at radius 3 is 2.14 bits per heavy atom. The summed E-state index contributed by atoms with van der Waals surface area (Å²) in [6, 6.07) is 12.9. The topological polar surface area (TPSA) is 61.8 Å². The summed E-state index contributed by atoms with van der Waals surface area (Å²) in [6.45, 7) is 3.01. The molecule has 0 spiro atoms. The summed E-state index contributed by atoms with van der Waals surface area (Å²) >= 11 is 0. The van der Waals surface area contributed by atoms with Crippen molar-refractivity contribution < 1.29 is 23.8 Å². The number of carbonyl (C=O) groups is 2. The summed E-state index contributed by atoms with van der Waals surface area (Å²) in [4.78, 5) is 22.2. The average Bonchev–Trinajstić information content (AvgIpc) is 2.55. The van der Waals surface area contributed by atoms with Crippen LogP contribution in [-0.2, 0) is 4.79 Å². The molecule has 0 heterocycles. The van der Waals surface area contributed by atoms with Gasteiger partial charge in [0.05, 0.1) is 12.2 Å². The first-order valence-electron chi connectivity index (χ1n) is 6.88. The molecule has 0 radical (unpaired) electrons. The largest absolute Gasteiger partial charge is 0.494 e. The van der Waals surface area contributed by atoms with E-state index in [4.69, 9.17) is 9.47 Å². The second-order valence-corrected chi connectivity index (χ2v) is 4.45. The van der Waals surface area contributed by atoms with Crippen molar-refractivity contribution in [1.29, 1.82) is 0 Å². The molecule has 0 aromatic heterocycles. The minimum Gasteiger partial charge on any atom is -0.494 e. The van der Waals surface area contributed by atoms with Crippen molar-refractivity contribution >= 4 is 12.4 Å². The lowest BCUT2D eigenvalue weighted by atomic mass is 10.2. The predicted octanol–water partition coefficient (Wildman–Crippen LogP) is 3.23. The molecule has 2 rings (SSSR count). The Morgan fingerprint density at radius 1 is 0.955 bits per heavy atom. The molecule has 0 atom stereocenters. The summed E-state index contributed by atoms with van der Waals surface area (Å²) in [5, 5.41) is 0. The smallest absolute Gasteiger partial charge is 0.343 e. The lowest BCUT2D eigenvalue weighted by Crippen LogP contribution is -2.08. The van der Waals surface area contributed by atoms with Gasteiger partial charge in [0, 0.05) is 0 Å². The van der Waals surface area contributed by atoms with Crippen molar-refractivity contribution in [3.8, 4) is 17.2 Å². The molecule has 5 heteroatoms. The van der Waals surface area contributed by atoms with Crippen molar-refractivity contribution in [1.82, 2.24) is 0 Å². The maximum absolute atomic E-state index is 12.0. The van der Waals surface area contributed by atoms with Crippen LogP contribution in [0.3, 0.4) is 0 Å². The fraction of sp³-hybridized carbons (Fsp3) is 0.176. The van der Waals surface area contributed by atoms with Crippen LogP contribution in [-0.4, -0.2) is 19.0 Å². The summed E-state index contributed by atoms with van der Waals surface area (Å²) < 4.78 is 15.4. The molecule has 2 aromatic rings. The van der Waals surface area contributed by atoms with E-state index in [9.17, 15) is 9.59 Å². The van der Waals surface area contributed by atoms with E-state index in [1.165, 1.54) is 24.3 Å². The number of rotatable bonds is 7. The van der Waals surface area contributed by atoms with E-state index in [1.54, 1.807) is 24.3 Å². The van der Waals surface area contributed by atoms with Gasteiger partial charge in [-0.15, -0.1) is 0 Å². The Morgan fingerprint density at radius 2 is 1.55 bits per heavy atom. The average molecular weight is 300 g/mol. The van der Waals surface area contributed by atoms with Gasteiger partial charge < -0.3 is 14.2 Å². The van der Waals surface area contributed by atoms with E-state index in [0.717, 1.165) is 12.2 Å². The lowest BCUT2D eigenvalue weighted by Gasteiger charge is -2.07. The minimum atomic E-state index is -0.486. The molecule has 0 saturated heterocycles. The molecule has 22 heavy (non-hydrogen) atoms. The van der Waals surface area contributed by atoms with Crippen LogP contribution in [0.2, 0.25) is 0 Å². The second kappa shape index (κ2) is 7.83. The van der Waals surface area contributed by atoms with Gasteiger partial charge >= 0.3 is 5.97 Å². The molecule has 0 saturated carbocycles. The monoisotopic (exact) mass is 300 g/mol. The third kappa shape index (κ3) is 4.34. The maximum Gasteiger partial charge on any atom is 0.343 e. The van der Waals surface area contributed by atoms with Gasteiger partial charge in [-0.1, -0.05) is 6.92 Å². The van der Waals surface area contributed by atoms with Gasteiger partial charge in [-0.2, -0.15) is 0 Å². The van der Waals surface area contributed by atoms with Crippen LogP contribution < -0.4 is 14.2 Å². The number of carbonyl (C=O) groups excluding carboxylic acids is 2. The Kier molecular flexibility index (Phi) is 5.54. The number of hydrogen-bond acceptors (Lipinski definition) is 5. The number of benzene rings is 2. The van der Waals surface area contributed by atoms with E-state index in [2.05, 4.69) is 4.74 Å². The molecule has 114 valence electrons. The van der Waals surface area contributed by atoms with Crippen molar-refractivity contribution in [3.63, 3.8) is 0 Å². The summed E-state index contributed by atoms with van der Waals surface area (Å²) in [6.07, 6.45) is 0.931. The zero-order chi connectivity index (χ0) is 15.8. The standard InChI is InChI=1S/C17H16O5/c1-2-11-20-14-7-9-16(10-8-14)22-17(19)13-3-5-15(6-4-13)21-12-18/h3-10,12H,2,11H2,1H3. The van der Waals surface area contributed by atoms with Crippen LogP contribution in [0.4, 0.5) is 0 Å². The summed E-state index contributed by atoms with van der Waals surface area (Å²) in [5.41, 5.74) is 0.365. The number of ether oxygens (including phenoxy) is 3. The normalized spacial score (nSPS) is 9.86. The Labute approximate surface area is 128 Å².